The molecule has 0 radical (unpaired) electrons. The molecule has 150 valence electrons. The second-order valence-electron chi connectivity index (χ2n) is 7.43. The van der Waals surface area contributed by atoms with Gasteiger partial charge in [-0.1, -0.05) is 29.3 Å². The van der Waals surface area contributed by atoms with Crippen LogP contribution >= 0.6 is 35.0 Å². The number of hydrogen-bond acceptors (Lipinski definition) is 5. The normalized spacial score (nSPS) is 17.6. The predicted octanol–water partition coefficient (Wildman–Crippen LogP) is 3.60. The van der Waals surface area contributed by atoms with Gasteiger partial charge in [0.1, 0.15) is 5.03 Å². The third-order valence-electron chi connectivity index (χ3n) is 5.47. The van der Waals surface area contributed by atoms with Crippen molar-refractivity contribution < 1.29 is 0 Å². The van der Waals surface area contributed by atoms with E-state index in [0.717, 1.165) is 68.1 Å². The van der Waals surface area contributed by atoms with Gasteiger partial charge in [0.25, 0.3) is 0 Å². The summed E-state index contributed by atoms with van der Waals surface area (Å²) in [5.41, 5.74) is 3.24. The number of rotatable bonds is 4. The van der Waals surface area contributed by atoms with Gasteiger partial charge in [-0.2, -0.15) is 4.98 Å². The van der Waals surface area contributed by atoms with Crippen molar-refractivity contribution in [2.45, 2.75) is 36.5 Å². The molecule has 4 rings (SSSR count). The maximum absolute atomic E-state index is 13.0. The van der Waals surface area contributed by atoms with E-state index in [9.17, 15) is 4.79 Å². The maximum Gasteiger partial charge on any atom is 0.367 e. The van der Waals surface area contributed by atoms with Crippen LogP contribution in [0.3, 0.4) is 0 Å². The van der Waals surface area contributed by atoms with Gasteiger partial charge in [-0.25, -0.2) is 9.47 Å². The fourth-order valence-corrected chi connectivity index (χ4v) is 5.50. The van der Waals surface area contributed by atoms with E-state index in [1.165, 1.54) is 5.56 Å². The fraction of sp³-hybridized carbons (Fsp3) is 0.500. The molecule has 1 fully saturated rings. The SMILES string of the molecule is CN1CCN(n2c3c(c(SCc4ccc(Cl)cc4Cl)nc2=O)CCCC3)CC1. The molecule has 0 spiro atoms. The number of hydrogen-bond donors (Lipinski definition) is 0. The van der Waals surface area contributed by atoms with Gasteiger partial charge in [0.05, 0.1) is 5.69 Å². The second-order valence-corrected chi connectivity index (χ2v) is 9.23. The number of thioether (sulfide) groups is 1. The van der Waals surface area contributed by atoms with Crippen LogP contribution < -0.4 is 10.7 Å². The van der Waals surface area contributed by atoms with Crippen LogP contribution in [0, 0.1) is 0 Å². The van der Waals surface area contributed by atoms with Crippen molar-refractivity contribution in [3.8, 4) is 0 Å². The van der Waals surface area contributed by atoms with E-state index in [1.54, 1.807) is 17.8 Å². The summed E-state index contributed by atoms with van der Waals surface area (Å²) in [6.07, 6.45) is 4.18. The Hall–Kier alpha value is -1.21. The van der Waals surface area contributed by atoms with E-state index >= 15 is 0 Å². The van der Waals surface area contributed by atoms with Crippen LogP contribution in [0.4, 0.5) is 0 Å². The first-order valence-corrected chi connectivity index (χ1v) is 11.4. The molecule has 2 heterocycles. The van der Waals surface area contributed by atoms with Gasteiger partial charge >= 0.3 is 5.69 Å². The summed E-state index contributed by atoms with van der Waals surface area (Å²) in [5, 5.41) is 4.31. The molecule has 0 N–H and O–H groups in total. The molecule has 5 nitrogen and oxygen atoms in total. The number of benzene rings is 1. The molecule has 0 unspecified atom stereocenters. The molecule has 0 bridgehead atoms. The smallest absolute Gasteiger partial charge is 0.306 e. The minimum atomic E-state index is -0.157. The van der Waals surface area contributed by atoms with Gasteiger partial charge in [0.2, 0.25) is 0 Å². The van der Waals surface area contributed by atoms with E-state index in [0.29, 0.717) is 15.8 Å². The molecule has 0 saturated carbocycles. The standard InChI is InChI=1S/C20H24Cl2N4OS/c1-24-8-10-25(11-9-24)26-18-5-3-2-4-16(18)19(23-20(26)27)28-13-14-6-7-15(21)12-17(14)22/h6-7,12H,2-5,8-11,13H2,1H3. The third kappa shape index (κ3) is 4.20. The molecule has 2 aromatic rings. The topological polar surface area (TPSA) is 41.4 Å². The van der Waals surface area contributed by atoms with E-state index in [-0.39, 0.29) is 5.69 Å². The van der Waals surface area contributed by atoms with Crippen molar-refractivity contribution in [1.29, 1.82) is 0 Å². The van der Waals surface area contributed by atoms with E-state index in [1.807, 2.05) is 16.8 Å². The Kier molecular flexibility index (Phi) is 6.21. The summed E-state index contributed by atoms with van der Waals surface area (Å²) in [6.45, 7) is 3.65. The summed E-state index contributed by atoms with van der Waals surface area (Å²) in [4.78, 5) is 19.7. The average molecular weight is 439 g/mol. The number of halogens is 2. The molecule has 1 aromatic heterocycles. The molecule has 1 aliphatic carbocycles. The number of aromatic nitrogens is 2. The van der Waals surface area contributed by atoms with Crippen molar-refractivity contribution in [1.82, 2.24) is 14.6 Å². The largest absolute Gasteiger partial charge is 0.367 e. The zero-order valence-corrected chi connectivity index (χ0v) is 18.3. The first-order valence-electron chi connectivity index (χ1n) is 9.68. The average Bonchev–Trinajstić information content (AvgIpc) is 2.68. The highest BCUT2D eigenvalue weighted by atomic mass is 35.5. The quantitative estimate of drug-likeness (QED) is 0.538. The first kappa shape index (κ1) is 20.1. The molecule has 0 amide bonds. The highest BCUT2D eigenvalue weighted by molar-refractivity contribution is 7.98. The van der Waals surface area contributed by atoms with E-state index in [4.69, 9.17) is 23.2 Å². The lowest BCUT2D eigenvalue weighted by Gasteiger charge is -2.37. The van der Waals surface area contributed by atoms with Crippen molar-refractivity contribution in [2.75, 3.05) is 38.2 Å². The molecule has 1 saturated heterocycles. The summed E-state index contributed by atoms with van der Waals surface area (Å²) in [5.74, 6) is 0.674. The lowest BCUT2D eigenvalue weighted by molar-refractivity contribution is 0.281. The van der Waals surface area contributed by atoms with Gasteiger partial charge in [0, 0.05) is 47.5 Å². The summed E-state index contributed by atoms with van der Waals surface area (Å²) in [7, 11) is 2.12. The van der Waals surface area contributed by atoms with Crippen LogP contribution in [0.1, 0.15) is 29.7 Å². The van der Waals surface area contributed by atoms with Gasteiger partial charge in [0.15, 0.2) is 0 Å². The third-order valence-corrected chi connectivity index (χ3v) is 7.13. The van der Waals surface area contributed by atoms with Crippen LogP contribution in [0.2, 0.25) is 10.0 Å². The van der Waals surface area contributed by atoms with Gasteiger partial charge in [-0.05, 0) is 50.4 Å². The minimum absolute atomic E-state index is 0.157. The lowest BCUT2D eigenvalue weighted by Crippen LogP contribution is -2.54. The monoisotopic (exact) mass is 438 g/mol. The highest BCUT2D eigenvalue weighted by Gasteiger charge is 2.25. The van der Waals surface area contributed by atoms with Crippen LogP contribution in [0.15, 0.2) is 28.0 Å². The Morgan fingerprint density at radius 1 is 1.11 bits per heavy atom. The van der Waals surface area contributed by atoms with Crippen LogP contribution in [0.5, 0.6) is 0 Å². The molecule has 0 atom stereocenters. The number of piperazine rings is 1. The molecule has 1 aromatic carbocycles. The molecule has 28 heavy (non-hydrogen) atoms. The molecule has 1 aliphatic heterocycles. The summed E-state index contributed by atoms with van der Waals surface area (Å²) in [6, 6.07) is 5.54. The predicted molar refractivity (Wildman–Crippen MR) is 117 cm³/mol. The van der Waals surface area contributed by atoms with Crippen molar-refractivity contribution in [2.24, 2.45) is 0 Å². The van der Waals surface area contributed by atoms with Crippen LogP contribution in [0.25, 0.3) is 0 Å². The second kappa shape index (κ2) is 8.66. The summed E-state index contributed by atoms with van der Waals surface area (Å²) < 4.78 is 1.86. The van der Waals surface area contributed by atoms with Crippen LogP contribution in [-0.4, -0.2) is 47.8 Å². The Labute approximate surface area is 179 Å². The summed E-state index contributed by atoms with van der Waals surface area (Å²) >= 11 is 13.9. The van der Waals surface area contributed by atoms with Gasteiger partial charge in [-0.3, -0.25) is 0 Å². The van der Waals surface area contributed by atoms with Gasteiger partial charge < -0.3 is 9.91 Å². The number of likely N-dealkylation sites (N-methyl/N-ethyl adjacent to an activating group) is 1. The Balaban J connectivity index is 1.63. The number of nitrogens with zero attached hydrogens (tertiary/aromatic N) is 4. The zero-order valence-electron chi connectivity index (χ0n) is 16.0. The Bertz CT molecular complexity index is 925. The minimum Gasteiger partial charge on any atom is -0.306 e. The highest BCUT2D eigenvalue weighted by Crippen LogP contribution is 2.32. The fourth-order valence-electron chi connectivity index (χ4n) is 3.86. The van der Waals surface area contributed by atoms with Crippen molar-refractivity contribution in [3.05, 3.63) is 55.5 Å². The molecule has 8 heteroatoms. The molecular weight excluding hydrogens is 415 g/mol. The van der Waals surface area contributed by atoms with Crippen molar-refractivity contribution in [3.63, 3.8) is 0 Å². The Morgan fingerprint density at radius 2 is 1.86 bits per heavy atom. The molecule has 2 aliphatic rings. The van der Waals surface area contributed by atoms with Crippen molar-refractivity contribution >= 4 is 35.0 Å². The van der Waals surface area contributed by atoms with Crippen LogP contribution in [-0.2, 0) is 18.6 Å². The number of fused-ring (bicyclic) bond motifs is 1. The zero-order chi connectivity index (χ0) is 19.7. The maximum atomic E-state index is 13.0. The van der Waals surface area contributed by atoms with Gasteiger partial charge in [-0.15, -0.1) is 11.8 Å². The lowest BCUT2D eigenvalue weighted by atomic mass is 9.97. The molecular formula is C20H24Cl2N4OS. The Morgan fingerprint density at radius 3 is 2.61 bits per heavy atom. The first-order chi connectivity index (χ1) is 13.5. The van der Waals surface area contributed by atoms with E-state index < -0.39 is 0 Å². The van der Waals surface area contributed by atoms with E-state index in [2.05, 4.69) is 21.9 Å².